The summed E-state index contributed by atoms with van der Waals surface area (Å²) < 4.78 is 7.37. The van der Waals surface area contributed by atoms with Gasteiger partial charge in [-0.25, -0.2) is 0 Å². The van der Waals surface area contributed by atoms with Crippen molar-refractivity contribution in [1.82, 2.24) is 14.7 Å². The van der Waals surface area contributed by atoms with Crippen LogP contribution in [0.25, 0.3) is 10.8 Å². The Labute approximate surface area is 178 Å². The Morgan fingerprint density at radius 2 is 1.93 bits per heavy atom. The van der Waals surface area contributed by atoms with Gasteiger partial charge >= 0.3 is 0 Å². The molecule has 3 aromatic rings. The number of piperidine rings is 1. The van der Waals surface area contributed by atoms with E-state index in [1.54, 1.807) is 7.11 Å². The number of aromatic nitrogens is 2. The number of hydrogen-bond donors (Lipinski definition) is 0. The quantitative estimate of drug-likeness (QED) is 0.554. The zero-order valence-corrected chi connectivity index (χ0v) is 18.4. The van der Waals surface area contributed by atoms with Gasteiger partial charge in [0.25, 0.3) is 0 Å². The molecule has 1 unspecified atom stereocenters. The van der Waals surface area contributed by atoms with Crippen molar-refractivity contribution >= 4 is 16.6 Å². The molecule has 30 heavy (non-hydrogen) atoms. The molecule has 1 aliphatic rings. The van der Waals surface area contributed by atoms with Gasteiger partial charge in [0, 0.05) is 42.4 Å². The summed E-state index contributed by atoms with van der Waals surface area (Å²) in [7, 11) is 1.67. The van der Waals surface area contributed by atoms with Gasteiger partial charge in [-0.1, -0.05) is 18.2 Å². The molecule has 1 aromatic heterocycles. The monoisotopic (exact) mass is 405 g/mol. The molecule has 1 atom stereocenters. The average Bonchev–Trinajstić information content (AvgIpc) is 3.05. The first kappa shape index (κ1) is 20.6. The SMILES string of the molecule is CCn1nc(C)c(CN2CCCC(C(=O)c3ccc4cc(OC)ccc4c3)C2)c1C. The lowest BCUT2D eigenvalue weighted by Crippen LogP contribution is -2.38. The number of carbonyl (C=O) groups is 1. The highest BCUT2D eigenvalue weighted by molar-refractivity contribution is 6.01. The number of ketones is 1. The summed E-state index contributed by atoms with van der Waals surface area (Å²) in [4.78, 5) is 15.7. The molecule has 0 bridgehead atoms. The zero-order chi connectivity index (χ0) is 21.3. The summed E-state index contributed by atoms with van der Waals surface area (Å²) in [6, 6.07) is 12.0. The number of methoxy groups -OCH3 is 1. The maximum Gasteiger partial charge on any atom is 0.167 e. The highest BCUT2D eigenvalue weighted by Gasteiger charge is 2.27. The van der Waals surface area contributed by atoms with Gasteiger partial charge in [-0.05, 0) is 69.1 Å². The molecule has 0 amide bonds. The molecule has 4 rings (SSSR count). The normalized spacial score (nSPS) is 17.4. The van der Waals surface area contributed by atoms with Crippen molar-refractivity contribution in [3.8, 4) is 5.75 Å². The van der Waals surface area contributed by atoms with Crippen molar-refractivity contribution in [3.05, 3.63) is 58.9 Å². The fourth-order valence-electron chi connectivity index (χ4n) is 4.65. The minimum Gasteiger partial charge on any atom is -0.497 e. The summed E-state index contributed by atoms with van der Waals surface area (Å²) in [6.07, 6.45) is 2.02. The zero-order valence-electron chi connectivity index (χ0n) is 18.4. The van der Waals surface area contributed by atoms with Crippen LogP contribution >= 0.6 is 0 Å². The van der Waals surface area contributed by atoms with Crippen LogP contribution < -0.4 is 4.74 Å². The van der Waals surface area contributed by atoms with E-state index < -0.39 is 0 Å². The molecule has 0 aliphatic carbocycles. The van der Waals surface area contributed by atoms with Crippen molar-refractivity contribution in [2.75, 3.05) is 20.2 Å². The van der Waals surface area contributed by atoms with Gasteiger partial charge in [0.1, 0.15) is 5.75 Å². The van der Waals surface area contributed by atoms with Crippen LogP contribution in [0.15, 0.2) is 36.4 Å². The first-order valence-corrected chi connectivity index (χ1v) is 10.9. The number of Topliss-reactive ketones (excluding diaryl/α,β-unsaturated/α-hetero) is 1. The molecule has 2 aromatic carbocycles. The number of fused-ring (bicyclic) bond motifs is 1. The van der Waals surface area contributed by atoms with Gasteiger partial charge in [-0.2, -0.15) is 5.10 Å². The summed E-state index contributed by atoms with van der Waals surface area (Å²) in [6.45, 7) is 9.98. The predicted molar refractivity (Wildman–Crippen MR) is 120 cm³/mol. The summed E-state index contributed by atoms with van der Waals surface area (Å²) in [5.74, 6) is 1.15. The van der Waals surface area contributed by atoms with E-state index in [4.69, 9.17) is 4.74 Å². The van der Waals surface area contributed by atoms with E-state index in [0.29, 0.717) is 0 Å². The minimum absolute atomic E-state index is 0.0521. The molecule has 2 heterocycles. The summed E-state index contributed by atoms with van der Waals surface area (Å²) in [5.41, 5.74) is 4.47. The van der Waals surface area contributed by atoms with Crippen molar-refractivity contribution in [2.24, 2.45) is 5.92 Å². The Morgan fingerprint density at radius 3 is 2.67 bits per heavy atom. The molecule has 0 N–H and O–H groups in total. The summed E-state index contributed by atoms with van der Waals surface area (Å²) in [5, 5.41) is 6.82. The van der Waals surface area contributed by atoms with Gasteiger partial charge in [-0.3, -0.25) is 14.4 Å². The number of aryl methyl sites for hydroxylation is 2. The number of benzene rings is 2. The van der Waals surface area contributed by atoms with Gasteiger partial charge in [0.2, 0.25) is 0 Å². The van der Waals surface area contributed by atoms with Gasteiger partial charge in [0.05, 0.1) is 12.8 Å². The average molecular weight is 406 g/mol. The molecule has 1 aliphatic heterocycles. The predicted octanol–water partition coefficient (Wildman–Crippen LogP) is 4.78. The molecule has 158 valence electrons. The highest BCUT2D eigenvalue weighted by Crippen LogP contribution is 2.27. The smallest absolute Gasteiger partial charge is 0.167 e. The van der Waals surface area contributed by atoms with Crippen LogP contribution in [-0.2, 0) is 13.1 Å². The minimum atomic E-state index is 0.0521. The lowest BCUT2D eigenvalue weighted by atomic mass is 9.89. The third kappa shape index (κ3) is 3.99. The van der Waals surface area contributed by atoms with E-state index in [1.807, 2.05) is 36.4 Å². The number of hydrogen-bond acceptors (Lipinski definition) is 4. The van der Waals surface area contributed by atoms with E-state index in [-0.39, 0.29) is 11.7 Å². The van der Waals surface area contributed by atoms with Gasteiger partial charge in [-0.15, -0.1) is 0 Å². The molecular weight excluding hydrogens is 374 g/mol. The van der Waals surface area contributed by atoms with Crippen LogP contribution in [-0.4, -0.2) is 40.7 Å². The fourth-order valence-corrected chi connectivity index (χ4v) is 4.65. The first-order chi connectivity index (χ1) is 14.5. The Morgan fingerprint density at radius 1 is 1.17 bits per heavy atom. The number of carbonyl (C=O) groups excluding carboxylic acids is 1. The molecule has 5 nitrogen and oxygen atoms in total. The van der Waals surface area contributed by atoms with E-state index in [2.05, 4.69) is 35.5 Å². The van der Waals surface area contributed by atoms with Crippen molar-refractivity contribution in [3.63, 3.8) is 0 Å². The Hall–Kier alpha value is -2.66. The topological polar surface area (TPSA) is 47.4 Å². The van der Waals surface area contributed by atoms with Crippen LogP contribution in [0.3, 0.4) is 0 Å². The maximum atomic E-state index is 13.3. The third-order valence-electron chi connectivity index (χ3n) is 6.42. The van der Waals surface area contributed by atoms with Crippen LogP contribution in [0.5, 0.6) is 5.75 Å². The van der Waals surface area contributed by atoms with E-state index >= 15 is 0 Å². The first-order valence-electron chi connectivity index (χ1n) is 10.9. The second-order valence-electron chi connectivity index (χ2n) is 8.33. The molecule has 0 spiro atoms. The van der Waals surface area contributed by atoms with Gasteiger partial charge < -0.3 is 4.74 Å². The van der Waals surface area contributed by atoms with Crippen molar-refractivity contribution in [2.45, 2.75) is 46.7 Å². The second-order valence-corrected chi connectivity index (χ2v) is 8.33. The number of likely N-dealkylation sites (tertiary alicyclic amines) is 1. The third-order valence-corrected chi connectivity index (χ3v) is 6.42. The van der Waals surface area contributed by atoms with E-state index in [0.717, 1.165) is 66.8 Å². The lowest BCUT2D eigenvalue weighted by molar-refractivity contribution is 0.0811. The molecular formula is C25H31N3O2. The second kappa shape index (κ2) is 8.60. The maximum absolute atomic E-state index is 13.3. The standard InChI is InChI=1S/C25H31N3O2/c1-5-28-18(3)24(17(2)26-28)16-27-12-6-7-22(15-27)25(29)21-9-8-20-14-23(30-4)11-10-19(20)13-21/h8-11,13-14,22H,5-7,12,15-16H2,1-4H3. The Kier molecular flexibility index (Phi) is 5.91. The number of nitrogens with zero attached hydrogens (tertiary/aromatic N) is 3. The van der Waals surface area contributed by atoms with Crippen LogP contribution in [0.1, 0.15) is 47.1 Å². The number of rotatable bonds is 6. The Balaban J connectivity index is 1.49. The number of ether oxygens (including phenoxy) is 1. The largest absolute Gasteiger partial charge is 0.497 e. The van der Waals surface area contributed by atoms with Crippen LogP contribution in [0.2, 0.25) is 0 Å². The molecule has 1 fully saturated rings. The fraction of sp³-hybridized carbons (Fsp3) is 0.440. The summed E-state index contributed by atoms with van der Waals surface area (Å²) >= 11 is 0. The Bertz CT molecular complexity index is 1070. The van der Waals surface area contributed by atoms with E-state index in [1.165, 1.54) is 11.3 Å². The molecule has 0 saturated carbocycles. The molecule has 1 saturated heterocycles. The van der Waals surface area contributed by atoms with E-state index in [9.17, 15) is 4.79 Å². The highest BCUT2D eigenvalue weighted by atomic mass is 16.5. The molecule has 0 radical (unpaired) electrons. The van der Waals surface area contributed by atoms with Crippen molar-refractivity contribution < 1.29 is 9.53 Å². The lowest BCUT2D eigenvalue weighted by Gasteiger charge is -2.32. The van der Waals surface area contributed by atoms with Crippen molar-refractivity contribution in [1.29, 1.82) is 0 Å². The van der Waals surface area contributed by atoms with Crippen LogP contribution in [0, 0.1) is 19.8 Å². The molecule has 5 heteroatoms. The van der Waals surface area contributed by atoms with Crippen LogP contribution in [0.4, 0.5) is 0 Å². The van der Waals surface area contributed by atoms with Gasteiger partial charge in [0.15, 0.2) is 5.78 Å².